The van der Waals surface area contributed by atoms with Crippen LogP contribution in [0.15, 0.2) is 29.2 Å². The van der Waals surface area contributed by atoms with Crippen molar-refractivity contribution < 1.29 is 13.2 Å². The van der Waals surface area contributed by atoms with Gasteiger partial charge in [0.25, 0.3) is 0 Å². The molecule has 0 amide bonds. The molecule has 1 saturated heterocycles. The maximum absolute atomic E-state index is 11.2. The highest BCUT2D eigenvalue weighted by atomic mass is 32.2. The molecule has 2 atom stereocenters. The van der Waals surface area contributed by atoms with Gasteiger partial charge in [0.15, 0.2) is 0 Å². The van der Waals surface area contributed by atoms with Crippen LogP contribution in [-0.2, 0) is 10.0 Å². The molecule has 0 aromatic heterocycles. The molecule has 3 N–H and O–H groups in total. The SMILES string of the molecule is CC1CNCC(C)N1CCOc1ccc(S(N)(=O)=O)cc1. The van der Waals surface area contributed by atoms with Gasteiger partial charge in [-0.15, -0.1) is 0 Å². The lowest BCUT2D eigenvalue weighted by atomic mass is 10.1. The number of benzene rings is 1. The zero-order valence-corrected chi connectivity index (χ0v) is 13.3. The number of sulfonamides is 1. The third-order valence-electron chi connectivity index (χ3n) is 3.78. The second kappa shape index (κ2) is 6.74. The average Bonchev–Trinajstić information content (AvgIpc) is 2.42. The van der Waals surface area contributed by atoms with Gasteiger partial charge in [0.2, 0.25) is 10.0 Å². The average molecular weight is 313 g/mol. The predicted octanol–water partition coefficient (Wildman–Crippen LogP) is 0.395. The third-order valence-corrected chi connectivity index (χ3v) is 4.71. The molecule has 1 aliphatic rings. The fourth-order valence-corrected chi connectivity index (χ4v) is 3.12. The minimum Gasteiger partial charge on any atom is -0.492 e. The molecule has 1 aromatic rings. The third kappa shape index (κ3) is 4.41. The quantitative estimate of drug-likeness (QED) is 0.822. The molecule has 118 valence electrons. The van der Waals surface area contributed by atoms with Crippen molar-refractivity contribution in [2.45, 2.75) is 30.8 Å². The number of hydrogen-bond donors (Lipinski definition) is 2. The minimum atomic E-state index is -3.64. The zero-order chi connectivity index (χ0) is 15.5. The number of nitrogens with one attached hydrogen (secondary N) is 1. The van der Waals surface area contributed by atoms with Crippen molar-refractivity contribution in [2.75, 3.05) is 26.2 Å². The molecule has 2 unspecified atom stereocenters. The van der Waals surface area contributed by atoms with Gasteiger partial charge in [-0.3, -0.25) is 4.90 Å². The summed E-state index contributed by atoms with van der Waals surface area (Å²) >= 11 is 0. The molecule has 0 radical (unpaired) electrons. The van der Waals surface area contributed by atoms with Gasteiger partial charge in [-0.1, -0.05) is 0 Å². The molecule has 0 saturated carbocycles. The summed E-state index contributed by atoms with van der Waals surface area (Å²) in [6, 6.07) is 7.15. The number of nitrogens with zero attached hydrogens (tertiary/aromatic N) is 1. The van der Waals surface area contributed by atoms with E-state index in [1.54, 1.807) is 12.1 Å². The second-order valence-electron chi connectivity index (χ2n) is 5.46. The van der Waals surface area contributed by atoms with E-state index in [-0.39, 0.29) is 4.90 Å². The Labute approximate surface area is 126 Å². The Morgan fingerprint density at radius 1 is 1.24 bits per heavy atom. The Hall–Kier alpha value is -1.15. The van der Waals surface area contributed by atoms with E-state index >= 15 is 0 Å². The summed E-state index contributed by atoms with van der Waals surface area (Å²) in [7, 11) is -3.64. The first kappa shape index (κ1) is 16.2. The van der Waals surface area contributed by atoms with Crippen molar-refractivity contribution in [2.24, 2.45) is 5.14 Å². The highest BCUT2D eigenvalue weighted by molar-refractivity contribution is 7.89. The Balaban J connectivity index is 1.86. The Morgan fingerprint density at radius 2 is 1.81 bits per heavy atom. The largest absolute Gasteiger partial charge is 0.492 e. The van der Waals surface area contributed by atoms with Crippen LogP contribution in [-0.4, -0.2) is 51.6 Å². The molecule has 0 bridgehead atoms. The van der Waals surface area contributed by atoms with Crippen LogP contribution < -0.4 is 15.2 Å². The number of primary sulfonamides is 1. The summed E-state index contributed by atoms with van der Waals surface area (Å²) < 4.78 is 28.0. The molecule has 21 heavy (non-hydrogen) atoms. The normalized spacial score (nSPS) is 24.0. The van der Waals surface area contributed by atoms with Crippen LogP contribution in [0.1, 0.15) is 13.8 Å². The Kier molecular flexibility index (Phi) is 5.21. The lowest BCUT2D eigenvalue weighted by Crippen LogP contribution is -2.55. The number of rotatable bonds is 5. The van der Waals surface area contributed by atoms with Crippen molar-refractivity contribution >= 4 is 10.0 Å². The van der Waals surface area contributed by atoms with Crippen molar-refractivity contribution in [3.63, 3.8) is 0 Å². The van der Waals surface area contributed by atoms with Gasteiger partial charge in [0.1, 0.15) is 12.4 Å². The summed E-state index contributed by atoms with van der Waals surface area (Å²) in [5, 5.41) is 8.45. The summed E-state index contributed by atoms with van der Waals surface area (Å²) in [6.07, 6.45) is 0. The lowest BCUT2D eigenvalue weighted by molar-refractivity contribution is 0.0966. The van der Waals surface area contributed by atoms with E-state index in [0.717, 1.165) is 19.6 Å². The fourth-order valence-electron chi connectivity index (χ4n) is 2.61. The molecule has 1 aliphatic heterocycles. The molecule has 1 aromatic carbocycles. The van der Waals surface area contributed by atoms with Crippen LogP contribution >= 0.6 is 0 Å². The Morgan fingerprint density at radius 3 is 2.33 bits per heavy atom. The maximum atomic E-state index is 11.2. The van der Waals surface area contributed by atoms with Gasteiger partial charge in [0.05, 0.1) is 4.90 Å². The van der Waals surface area contributed by atoms with Crippen molar-refractivity contribution in [3.8, 4) is 5.75 Å². The summed E-state index contributed by atoms with van der Waals surface area (Å²) in [5.41, 5.74) is 0. The Bertz CT molecular complexity index is 549. The van der Waals surface area contributed by atoms with Crippen LogP contribution in [0.2, 0.25) is 0 Å². The molecule has 7 heteroatoms. The van der Waals surface area contributed by atoms with Crippen LogP contribution in [0, 0.1) is 0 Å². The van der Waals surface area contributed by atoms with Crippen LogP contribution in [0.4, 0.5) is 0 Å². The smallest absolute Gasteiger partial charge is 0.238 e. The van der Waals surface area contributed by atoms with Crippen LogP contribution in [0.5, 0.6) is 5.75 Å². The molecule has 1 fully saturated rings. The molecule has 0 aliphatic carbocycles. The summed E-state index contributed by atoms with van der Waals surface area (Å²) in [4.78, 5) is 2.51. The fraction of sp³-hybridized carbons (Fsp3) is 0.571. The molecule has 1 heterocycles. The van der Waals surface area contributed by atoms with Gasteiger partial charge in [0, 0.05) is 31.7 Å². The van der Waals surface area contributed by atoms with Crippen LogP contribution in [0.25, 0.3) is 0 Å². The number of nitrogens with two attached hydrogens (primary N) is 1. The van der Waals surface area contributed by atoms with Gasteiger partial charge < -0.3 is 10.1 Å². The van der Waals surface area contributed by atoms with Gasteiger partial charge >= 0.3 is 0 Å². The lowest BCUT2D eigenvalue weighted by Gasteiger charge is -2.39. The second-order valence-corrected chi connectivity index (χ2v) is 7.02. The van der Waals surface area contributed by atoms with Crippen molar-refractivity contribution in [3.05, 3.63) is 24.3 Å². The van der Waals surface area contributed by atoms with Gasteiger partial charge in [-0.2, -0.15) is 0 Å². The minimum absolute atomic E-state index is 0.0965. The maximum Gasteiger partial charge on any atom is 0.238 e. The first-order valence-electron chi connectivity index (χ1n) is 7.10. The molecular weight excluding hydrogens is 290 g/mol. The van der Waals surface area contributed by atoms with E-state index in [2.05, 4.69) is 24.1 Å². The standard InChI is InChI=1S/C14H23N3O3S/c1-11-9-16-10-12(2)17(11)7-8-20-13-3-5-14(6-4-13)21(15,18)19/h3-6,11-12,16H,7-10H2,1-2H3,(H2,15,18,19). The highest BCUT2D eigenvalue weighted by Gasteiger charge is 2.23. The molecule has 6 nitrogen and oxygen atoms in total. The number of ether oxygens (including phenoxy) is 1. The zero-order valence-electron chi connectivity index (χ0n) is 12.5. The first-order chi connectivity index (χ1) is 9.88. The molecule has 2 rings (SSSR count). The monoisotopic (exact) mass is 313 g/mol. The number of hydrogen-bond acceptors (Lipinski definition) is 5. The van der Waals surface area contributed by atoms with E-state index < -0.39 is 10.0 Å². The first-order valence-corrected chi connectivity index (χ1v) is 8.64. The van der Waals surface area contributed by atoms with E-state index in [9.17, 15) is 8.42 Å². The summed E-state index contributed by atoms with van der Waals surface area (Å²) in [5.74, 6) is 0.651. The van der Waals surface area contributed by atoms with E-state index in [1.165, 1.54) is 12.1 Å². The van der Waals surface area contributed by atoms with Gasteiger partial charge in [-0.25, -0.2) is 13.6 Å². The van der Waals surface area contributed by atoms with Gasteiger partial charge in [-0.05, 0) is 38.1 Å². The predicted molar refractivity (Wildman–Crippen MR) is 81.8 cm³/mol. The molecule has 0 spiro atoms. The van der Waals surface area contributed by atoms with E-state index in [1.807, 2.05) is 0 Å². The number of piperazine rings is 1. The van der Waals surface area contributed by atoms with Crippen molar-refractivity contribution in [1.29, 1.82) is 0 Å². The topological polar surface area (TPSA) is 84.7 Å². The van der Waals surface area contributed by atoms with Crippen molar-refractivity contribution in [1.82, 2.24) is 10.2 Å². The highest BCUT2D eigenvalue weighted by Crippen LogP contribution is 2.15. The van der Waals surface area contributed by atoms with Crippen LogP contribution in [0.3, 0.4) is 0 Å². The summed E-state index contributed by atoms with van der Waals surface area (Å²) in [6.45, 7) is 7.80. The molecular formula is C14H23N3O3S. The van der Waals surface area contributed by atoms with E-state index in [4.69, 9.17) is 9.88 Å². The van der Waals surface area contributed by atoms with E-state index in [0.29, 0.717) is 24.4 Å².